The number of thioether (sulfide) groups is 1. The average Bonchev–Trinajstić information content (AvgIpc) is 3.48. The number of aliphatic carboxylic acids is 1. The van der Waals surface area contributed by atoms with E-state index < -0.39 is 24.3 Å². The van der Waals surface area contributed by atoms with Gasteiger partial charge in [0.05, 0.1) is 11.3 Å². The van der Waals surface area contributed by atoms with Crippen LogP contribution in [0, 0.1) is 13.8 Å². The molecule has 2 aromatic carbocycles. The smallest absolute Gasteiger partial charge is 0.416 e. The number of thiazole rings is 1. The largest absolute Gasteiger partial charge is 0.482 e. The predicted octanol–water partition coefficient (Wildman–Crippen LogP) is 7.85. The molecule has 2 heterocycles. The van der Waals surface area contributed by atoms with Crippen molar-refractivity contribution < 1.29 is 27.8 Å². The SMILES string of the molecule is Cc1cc(SCc2sc(-c3ccc(C(F)(F)F)cc3)nc2Cc2ccsc2)c(C)cc1OCC(=O)O. The lowest BCUT2D eigenvalue weighted by molar-refractivity contribution is -0.139. The summed E-state index contributed by atoms with van der Waals surface area (Å²) in [5, 5.41) is 13.6. The Morgan fingerprint density at radius 3 is 2.50 bits per heavy atom. The van der Waals surface area contributed by atoms with Crippen molar-refractivity contribution in [1.82, 2.24) is 4.98 Å². The Morgan fingerprint density at radius 1 is 1.11 bits per heavy atom. The van der Waals surface area contributed by atoms with Crippen molar-refractivity contribution in [2.75, 3.05) is 6.61 Å². The number of ether oxygens (including phenoxy) is 1. The normalized spacial score (nSPS) is 11.6. The second-order valence-electron chi connectivity index (χ2n) is 8.13. The Hall–Kier alpha value is -2.82. The molecule has 0 fully saturated rings. The van der Waals surface area contributed by atoms with Crippen LogP contribution in [0.4, 0.5) is 13.2 Å². The number of benzene rings is 2. The van der Waals surface area contributed by atoms with Gasteiger partial charge in [-0.15, -0.1) is 23.1 Å². The molecule has 36 heavy (non-hydrogen) atoms. The van der Waals surface area contributed by atoms with Crippen LogP contribution in [0.15, 0.2) is 58.1 Å². The maximum atomic E-state index is 13.0. The van der Waals surface area contributed by atoms with Gasteiger partial charge >= 0.3 is 12.1 Å². The first kappa shape index (κ1) is 26.2. The van der Waals surface area contributed by atoms with Gasteiger partial charge in [-0.3, -0.25) is 0 Å². The van der Waals surface area contributed by atoms with Gasteiger partial charge < -0.3 is 9.84 Å². The quantitative estimate of drug-likeness (QED) is 0.216. The van der Waals surface area contributed by atoms with Crippen molar-refractivity contribution in [3.63, 3.8) is 0 Å². The molecule has 0 spiro atoms. The third kappa shape index (κ3) is 6.48. The summed E-state index contributed by atoms with van der Waals surface area (Å²) in [6.45, 7) is 3.42. The Kier molecular flexibility index (Phi) is 8.07. The highest BCUT2D eigenvalue weighted by Gasteiger charge is 2.30. The zero-order valence-corrected chi connectivity index (χ0v) is 21.8. The molecular formula is C26H22F3NO3S3. The molecule has 0 aliphatic carbocycles. The number of nitrogens with zero attached hydrogens (tertiary/aromatic N) is 1. The summed E-state index contributed by atoms with van der Waals surface area (Å²) < 4.78 is 44.3. The van der Waals surface area contributed by atoms with Gasteiger partial charge in [-0.05, 0) is 71.6 Å². The molecule has 0 atom stereocenters. The number of carboxylic acids is 1. The molecule has 1 N–H and O–H groups in total. The molecule has 0 saturated carbocycles. The van der Waals surface area contributed by atoms with Crippen molar-refractivity contribution >= 4 is 40.4 Å². The van der Waals surface area contributed by atoms with E-state index in [0.717, 1.165) is 44.3 Å². The first-order valence-corrected chi connectivity index (χ1v) is 13.6. The Labute approximate surface area is 218 Å². The van der Waals surface area contributed by atoms with E-state index in [1.54, 1.807) is 23.1 Å². The Balaban J connectivity index is 1.58. The van der Waals surface area contributed by atoms with Gasteiger partial charge in [0.2, 0.25) is 0 Å². The summed E-state index contributed by atoms with van der Waals surface area (Å²) in [6.07, 6.45) is -3.73. The van der Waals surface area contributed by atoms with E-state index in [4.69, 9.17) is 14.8 Å². The van der Waals surface area contributed by atoms with Crippen LogP contribution >= 0.6 is 34.4 Å². The van der Waals surface area contributed by atoms with E-state index in [9.17, 15) is 18.0 Å². The number of carboxylic acid groups (broad SMARTS) is 1. The number of aromatic nitrogens is 1. The predicted molar refractivity (Wildman–Crippen MR) is 138 cm³/mol. The van der Waals surface area contributed by atoms with Crippen LogP contribution in [0.3, 0.4) is 0 Å². The second kappa shape index (κ2) is 11.1. The average molecular weight is 550 g/mol. The van der Waals surface area contributed by atoms with Crippen LogP contribution in [0.5, 0.6) is 5.75 Å². The van der Waals surface area contributed by atoms with E-state index in [2.05, 4.69) is 5.38 Å². The maximum absolute atomic E-state index is 13.0. The molecule has 0 aliphatic rings. The van der Waals surface area contributed by atoms with E-state index in [1.807, 2.05) is 37.4 Å². The number of hydrogen-bond donors (Lipinski definition) is 1. The van der Waals surface area contributed by atoms with Crippen molar-refractivity contribution in [3.05, 3.63) is 86.0 Å². The summed E-state index contributed by atoms with van der Waals surface area (Å²) in [4.78, 5) is 17.7. The zero-order chi connectivity index (χ0) is 25.9. The number of rotatable bonds is 9. The first-order chi connectivity index (χ1) is 17.1. The fourth-order valence-electron chi connectivity index (χ4n) is 3.50. The van der Waals surface area contributed by atoms with Crippen molar-refractivity contribution in [2.45, 2.75) is 37.1 Å². The van der Waals surface area contributed by atoms with Crippen LogP contribution in [0.25, 0.3) is 10.6 Å². The van der Waals surface area contributed by atoms with Crippen LogP contribution in [0.2, 0.25) is 0 Å². The number of hydrogen-bond acceptors (Lipinski definition) is 6. The lowest BCUT2D eigenvalue weighted by Crippen LogP contribution is -2.10. The third-order valence-electron chi connectivity index (χ3n) is 5.37. The second-order valence-corrected chi connectivity index (χ2v) is 11.0. The fraction of sp³-hybridized carbons (Fsp3) is 0.231. The molecule has 0 amide bonds. The van der Waals surface area contributed by atoms with Gasteiger partial charge in [0.15, 0.2) is 6.61 Å². The lowest BCUT2D eigenvalue weighted by Gasteiger charge is -2.12. The van der Waals surface area contributed by atoms with E-state index in [0.29, 0.717) is 28.5 Å². The maximum Gasteiger partial charge on any atom is 0.416 e. The van der Waals surface area contributed by atoms with Crippen molar-refractivity contribution in [2.24, 2.45) is 0 Å². The molecule has 0 radical (unpaired) electrons. The van der Waals surface area contributed by atoms with Gasteiger partial charge in [0.1, 0.15) is 10.8 Å². The molecule has 0 bridgehead atoms. The van der Waals surface area contributed by atoms with Crippen molar-refractivity contribution in [3.8, 4) is 16.3 Å². The van der Waals surface area contributed by atoms with Gasteiger partial charge in [0, 0.05) is 27.5 Å². The lowest BCUT2D eigenvalue weighted by atomic mass is 10.1. The van der Waals surface area contributed by atoms with Gasteiger partial charge in [-0.1, -0.05) is 12.1 Å². The molecular weight excluding hydrogens is 527 g/mol. The van der Waals surface area contributed by atoms with Gasteiger partial charge in [-0.25, -0.2) is 9.78 Å². The van der Waals surface area contributed by atoms with E-state index in [-0.39, 0.29) is 0 Å². The highest BCUT2D eigenvalue weighted by Crippen LogP contribution is 2.37. The molecule has 0 unspecified atom stereocenters. The monoisotopic (exact) mass is 549 g/mol. The molecule has 4 nitrogen and oxygen atoms in total. The molecule has 4 aromatic rings. The van der Waals surface area contributed by atoms with Crippen LogP contribution in [-0.4, -0.2) is 22.7 Å². The molecule has 0 aliphatic heterocycles. The molecule has 10 heteroatoms. The Morgan fingerprint density at radius 2 is 1.86 bits per heavy atom. The Bertz CT molecular complexity index is 1350. The summed E-state index contributed by atoms with van der Waals surface area (Å²) in [7, 11) is 0. The van der Waals surface area contributed by atoms with Gasteiger partial charge in [-0.2, -0.15) is 24.5 Å². The summed E-state index contributed by atoms with van der Waals surface area (Å²) in [5.41, 5.74) is 3.84. The van der Waals surface area contributed by atoms with E-state index in [1.165, 1.54) is 23.5 Å². The highest BCUT2D eigenvalue weighted by atomic mass is 32.2. The number of alkyl halides is 3. The minimum Gasteiger partial charge on any atom is -0.482 e. The summed E-state index contributed by atoms with van der Waals surface area (Å²) in [6, 6.07) is 11.0. The molecule has 2 aromatic heterocycles. The minimum absolute atomic E-state index is 0.397. The highest BCUT2D eigenvalue weighted by molar-refractivity contribution is 7.98. The summed E-state index contributed by atoms with van der Waals surface area (Å²) in [5.74, 6) is 0.158. The van der Waals surface area contributed by atoms with Gasteiger partial charge in [0.25, 0.3) is 0 Å². The topological polar surface area (TPSA) is 59.4 Å². The van der Waals surface area contributed by atoms with Crippen LogP contribution < -0.4 is 4.74 Å². The van der Waals surface area contributed by atoms with E-state index >= 15 is 0 Å². The van der Waals surface area contributed by atoms with Crippen LogP contribution in [0.1, 0.15) is 32.8 Å². The third-order valence-corrected chi connectivity index (χ3v) is 8.62. The minimum atomic E-state index is -4.38. The summed E-state index contributed by atoms with van der Waals surface area (Å²) >= 11 is 4.74. The molecule has 0 saturated heterocycles. The zero-order valence-electron chi connectivity index (χ0n) is 19.4. The van der Waals surface area contributed by atoms with Crippen molar-refractivity contribution in [1.29, 1.82) is 0 Å². The fourth-order valence-corrected chi connectivity index (χ4v) is 6.46. The number of carbonyl (C=O) groups is 1. The number of halogens is 3. The standard InChI is InChI=1S/C26H22F3NO3S3/c1-15-10-22(16(2)9-21(15)33-12-24(31)32)35-14-23-20(11-17-7-8-34-13-17)30-25(36-23)18-3-5-19(6-4-18)26(27,28)29/h3-10,13H,11-12,14H2,1-2H3,(H,31,32). The number of thiophene rings is 1. The van der Waals surface area contributed by atoms with Crippen LogP contribution in [-0.2, 0) is 23.1 Å². The molecule has 4 rings (SSSR count). The first-order valence-electron chi connectivity index (χ1n) is 10.9. The number of aryl methyl sites for hydroxylation is 2. The molecule has 188 valence electrons.